The normalized spacial score (nSPS) is 10.3. The van der Waals surface area contributed by atoms with E-state index in [4.69, 9.17) is 19.9 Å². The molecule has 0 aliphatic heterocycles. The first-order valence-corrected chi connectivity index (χ1v) is 5.76. The van der Waals surface area contributed by atoms with Crippen molar-refractivity contribution in [3.05, 3.63) is 6.20 Å². The van der Waals surface area contributed by atoms with E-state index in [-0.39, 0.29) is 17.9 Å². The zero-order valence-electron chi connectivity index (χ0n) is 10.6. The molecule has 1 aromatic heterocycles. The fourth-order valence-electron chi connectivity index (χ4n) is 1.52. The van der Waals surface area contributed by atoms with Crippen molar-refractivity contribution in [2.45, 2.75) is 13.3 Å². The standard InChI is InChI=1S/C10H18BN3O4/c1-3-14(5-4-6-15)10-12-7-8(11(16)17)9(13-10)18-2/h7,15-17H,3-6H2,1-2H3. The molecule has 0 amide bonds. The molecule has 0 aromatic carbocycles. The van der Waals surface area contributed by atoms with E-state index in [1.807, 2.05) is 11.8 Å². The van der Waals surface area contributed by atoms with Crippen molar-refractivity contribution in [3.63, 3.8) is 0 Å². The summed E-state index contributed by atoms with van der Waals surface area (Å²) >= 11 is 0. The summed E-state index contributed by atoms with van der Waals surface area (Å²) in [7, 11) is -0.260. The third-order valence-electron chi connectivity index (χ3n) is 2.49. The quantitative estimate of drug-likeness (QED) is 0.503. The molecule has 7 nitrogen and oxygen atoms in total. The van der Waals surface area contributed by atoms with Gasteiger partial charge in [-0.1, -0.05) is 0 Å². The number of aliphatic hydroxyl groups excluding tert-OH is 1. The molecule has 3 N–H and O–H groups in total. The van der Waals surface area contributed by atoms with Gasteiger partial charge >= 0.3 is 7.12 Å². The first-order chi connectivity index (χ1) is 8.63. The summed E-state index contributed by atoms with van der Waals surface area (Å²) in [4.78, 5) is 10.1. The Kier molecular flexibility index (Phi) is 5.83. The van der Waals surface area contributed by atoms with Crippen LogP contribution in [0.25, 0.3) is 0 Å². The smallest absolute Gasteiger partial charge is 0.481 e. The van der Waals surface area contributed by atoms with Gasteiger partial charge in [0.25, 0.3) is 0 Å². The van der Waals surface area contributed by atoms with E-state index in [0.29, 0.717) is 25.5 Å². The molecule has 8 heteroatoms. The molecule has 0 atom stereocenters. The van der Waals surface area contributed by atoms with Gasteiger partial charge in [-0.15, -0.1) is 0 Å². The van der Waals surface area contributed by atoms with Crippen molar-refractivity contribution >= 4 is 18.5 Å². The summed E-state index contributed by atoms with van der Waals surface area (Å²) in [6.07, 6.45) is 1.94. The van der Waals surface area contributed by atoms with Gasteiger partial charge in [-0.3, -0.25) is 0 Å². The lowest BCUT2D eigenvalue weighted by Gasteiger charge is -2.21. The molecule has 100 valence electrons. The highest BCUT2D eigenvalue weighted by Gasteiger charge is 2.20. The van der Waals surface area contributed by atoms with Crippen LogP contribution in [0.15, 0.2) is 6.20 Å². The molecule has 1 heterocycles. The Morgan fingerprint density at radius 3 is 2.67 bits per heavy atom. The van der Waals surface area contributed by atoms with Gasteiger partial charge in [0.1, 0.15) is 0 Å². The van der Waals surface area contributed by atoms with Crippen LogP contribution in [-0.4, -0.2) is 59.0 Å². The molecule has 0 radical (unpaired) electrons. The highest BCUT2D eigenvalue weighted by atomic mass is 16.5. The number of nitrogens with zero attached hydrogens (tertiary/aromatic N) is 3. The topological polar surface area (TPSA) is 98.9 Å². The third kappa shape index (κ3) is 3.56. The zero-order valence-corrected chi connectivity index (χ0v) is 10.6. The lowest BCUT2D eigenvalue weighted by atomic mass is 9.82. The monoisotopic (exact) mass is 255 g/mol. The van der Waals surface area contributed by atoms with Crippen molar-refractivity contribution in [3.8, 4) is 5.88 Å². The number of rotatable bonds is 7. The van der Waals surface area contributed by atoms with E-state index in [0.717, 1.165) is 0 Å². The van der Waals surface area contributed by atoms with Crippen molar-refractivity contribution in [1.29, 1.82) is 0 Å². The molecule has 0 aliphatic carbocycles. The number of hydrogen-bond acceptors (Lipinski definition) is 7. The summed E-state index contributed by atoms with van der Waals surface area (Å²) in [5.74, 6) is 0.574. The van der Waals surface area contributed by atoms with Gasteiger partial charge < -0.3 is 24.8 Å². The second-order valence-electron chi connectivity index (χ2n) is 3.67. The Balaban J connectivity index is 2.95. The van der Waals surface area contributed by atoms with Crippen LogP contribution in [0.4, 0.5) is 5.95 Å². The number of methoxy groups -OCH3 is 1. The Morgan fingerprint density at radius 1 is 1.44 bits per heavy atom. The van der Waals surface area contributed by atoms with E-state index in [1.165, 1.54) is 13.3 Å². The molecule has 18 heavy (non-hydrogen) atoms. The van der Waals surface area contributed by atoms with Gasteiger partial charge in [0.2, 0.25) is 11.8 Å². The molecule has 0 spiro atoms. The second kappa shape index (κ2) is 7.15. The van der Waals surface area contributed by atoms with E-state index in [1.54, 1.807) is 0 Å². The van der Waals surface area contributed by atoms with Crippen molar-refractivity contribution in [1.82, 2.24) is 9.97 Å². The second-order valence-corrected chi connectivity index (χ2v) is 3.67. The summed E-state index contributed by atoms with van der Waals surface area (Å²) in [6.45, 7) is 3.35. The van der Waals surface area contributed by atoms with E-state index < -0.39 is 7.12 Å². The number of ether oxygens (including phenoxy) is 1. The Morgan fingerprint density at radius 2 is 2.17 bits per heavy atom. The molecule has 0 bridgehead atoms. The van der Waals surface area contributed by atoms with E-state index in [9.17, 15) is 0 Å². The van der Waals surface area contributed by atoms with Crippen LogP contribution in [0.5, 0.6) is 5.88 Å². The van der Waals surface area contributed by atoms with Gasteiger partial charge in [-0.05, 0) is 13.3 Å². The van der Waals surface area contributed by atoms with Crippen LogP contribution >= 0.6 is 0 Å². The Labute approximate surface area is 106 Å². The lowest BCUT2D eigenvalue weighted by Crippen LogP contribution is -2.34. The molecule has 1 rings (SSSR count). The molecule has 0 aliphatic rings. The predicted molar refractivity (Wildman–Crippen MR) is 68.0 cm³/mol. The third-order valence-corrected chi connectivity index (χ3v) is 2.49. The van der Waals surface area contributed by atoms with Crippen LogP contribution in [0.1, 0.15) is 13.3 Å². The highest BCUT2D eigenvalue weighted by Crippen LogP contribution is 2.11. The van der Waals surface area contributed by atoms with Crippen molar-refractivity contribution < 1.29 is 19.9 Å². The van der Waals surface area contributed by atoms with Gasteiger partial charge in [-0.2, -0.15) is 4.98 Å². The predicted octanol–water partition coefficient (Wildman–Crippen LogP) is -1.63. The number of aliphatic hydroxyl groups is 1. The van der Waals surface area contributed by atoms with Crippen LogP contribution in [0.2, 0.25) is 0 Å². The maximum atomic E-state index is 9.11. The number of aromatic nitrogens is 2. The fraction of sp³-hybridized carbons (Fsp3) is 0.600. The maximum Gasteiger partial charge on any atom is 0.495 e. The Hall–Kier alpha value is -1.38. The van der Waals surface area contributed by atoms with Crippen LogP contribution in [0, 0.1) is 0 Å². The Bertz CT molecular complexity index is 378. The first-order valence-electron chi connectivity index (χ1n) is 5.76. The molecule has 0 saturated heterocycles. The summed E-state index contributed by atoms with van der Waals surface area (Å²) in [5.41, 5.74) is 0.125. The van der Waals surface area contributed by atoms with E-state index in [2.05, 4.69) is 9.97 Å². The molecule has 0 fully saturated rings. The van der Waals surface area contributed by atoms with Crippen LogP contribution < -0.4 is 15.1 Å². The zero-order chi connectivity index (χ0) is 13.5. The van der Waals surface area contributed by atoms with Gasteiger partial charge in [0.05, 0.1) is 12.6 Å². The van der Waals surface area contributed by atoms with Crippen molar-refractivity contribution in [2.24, 2.45) is 0 Å². The molecule has 0 saturated carbocycles. The molecule has 0 unspecified atom stereocenters. The lowest BCUT2D eigenvalue weighted by molar-refractivity contribution is 0.289. The molecular formula is C10H18BN3O4. The summed E-state index contributed by atoms with van der Waals surface area (Å²) in [6, 6.07) is 0. The number of hydrogen-bond donors (Lipinski definition) is 3. The van der Waals surface area contributed by atoms with E-state index >= 15 is 0 Å². The minimum absolute atomic E-state index is 0.0983. The van der Waals surface area contributed by atoms with Gasteiger partial charge in [0.15, 0.2) is 0 Å². The van der Waals surface area contributed by atoms with Gasteiger partial charge in [-0.25, -0.2) is 4.98 Å². The van der Waals surface area contributed by atoms with Crippen LogP contribution in [-0.2, 0) is 0 Å². The maximum absolute atomic E-state index is 9.11. The van der Waals surface area contributed by atoms with Crippen LogP contribution in [0.3, 0.4) is 0 Å². The molecule has 1 aromatic rings. The first kappa shape index (κ1) is 14.7. The van der Waals surface area contributed by atoms with Gasteiger partial charge in [0, 0.05) is 25.9 Å². The average Bonchev–Trinajstić information content (AvgIpc) is 2.39. The van der Waals surface area contributed by atoms with Crippen molar-refractivity contribution in [2.75, 3.05) is 31.7 Å². The summed E-state index contributed by atoms with van der Waals surface area (Å²) in [5, 5.41) is 27.0. The number of anilines is 1. The highest BCUT2D eigenvalue weighted by molar-refractivity contribution is 6.59. The minimum Gasteiger partial charge on any atom is -0.481 e. The largest absolute Gasteiger partial charge is 0.495 e. The SMILES string of the molecule is CCN(CCCO)c1ncc(B(O)O)c(OC)n1. The minimum atomic E-state index is -1.67. The fourth-order valence-corrected chi connectivity index (χ4v) is 1.52. The summed E-state index contributed by atoms with van der Waals surface area (Å²) < 4.78 is 5.00. The average molecular weight is 255 g/mol. The molecular weight excluding hydrogens is 237 g/mol.